The van der Waals surface area contributed by atoms with Crippen LogP contribution in [0.3, 0.4) is 0 Å². The Hall–Kier alpha value is -1.51. The Kier molecular flexibility index (Phi) is 4.24. The topological polar surface area (TPSA) is 41.1 Å². The second-order valence-electron chi connectivity index (χ2n) is 5.17. The molecule has 2 rings (SSSR count). The van der Waals surface area contributed by atoms with Crippen LogP contribution in [0, 0.1) is 13.8 Å². The first kappa shape index (κ1) is 12.9. The molecule has 1 amide bonds. The van der Waals surface area contributed by atoms with Gasteiger partial charge in [-0.3, -0.25) is 4.79 Å². The lowest BCUT2D eigenvalue weighted by Crippen LogP contribution is -2.36. The first-order valence-electron chi connectivity index (χ1n) is 6.76. The zero-order chi connectivity index (χ0) is 13.0. The van der Waals surface area contributed by atoms with Crippen molar-refractivity contribution in [2.45, 2.75) is 45.6 Å². The largest absolute Gasteiger partial charge is 0.376 e. The highest BCUT2D eigenvalue weighted by Crippen LogP contribution is 2.19. The van der Waals surface area contributed by atoms with E-state index in [0.29, 0.717) is 12.6 Å². The van der Waals surface area contributed by atoms with Gasteiger partial charge in [-0.05, 0) is 37.8 Å². The van der Waals surface area contributed by atoms with E-state index in [2.05, 4.69) is 36.6 Å². The fraction of sp³-hybridized carbons (Fsp3) is 0.533. The lowest BCUT2D eigenvalue weighted by Gasteiger charge is -2.15. The smallest absolute Gasteiger partial charge is 0.239 e. The number of para-hydroxylation sites is 1. The molecule has 98 valence electrons. The molecule has 3 heteroatoms. The number of nitrogens with one attached hydrogen (secondary N) is 2. The summed E-state index contributed by atoms with van der Waals surface area (Å²) in [7, 11) is 0. The third kappa shape index (κ3) is 3.25. The molecule has 3 nitrogen and oxygen atoms in total. The van der Waals surface area contributed by atoms with Gasteiger partial charge in [0.1, 0.15) is 0 Å². The Morgan fingerprint density at radius 2 is 1.83 bits per heavy atom. The molecule has 1 saturated carbocycles. The molecule has 1 fully saturated rings. The van der Waals surface area contributed by atoms with Crippen LogP contribution in [-0.2, 0) is 4.79 Å². The maximum atomic E-state index is 11.8. The van der Waals surface area contributed by atoms with Crippen molar-refractivity contribution in [3.63, 3.8) is 0 Å². The molecule has 2 N–H and O–H groups in total. The van der Waals surface area contributed by atoms with Gasteiger partial charge in [0.25, 0.3) is 0 Å². The van der Waals surface area contributed by atoms with Crippen molar-refractivity contribution in [3.05, 3.63) is 29.3 Å². The molecule has 1 aliphatic rings. The normalized spacial score (nSPS) is 15.7. The third-order valence-corrected chi connectivity index (χ3v) is 3.63. The molecular weight excluding hydrogens is 224 g/mol. The van der Waals surface area contributed by atoms with Crippen molar-refractivity contribution in [3.8, 4) is 0 Å². The lowest BCUT2D eigenvalue weighted by atomic mass is 10.1. The number of rotatable bonds is 4. The average Bonchev–Trinajstić information content (AvgIpc) is 2.81. The predicted octanol–water partition coefficient (Wildman–Crippen LogP) is 2.77. The maximum absolute atomic E-state index is 11.8. The van der Waals surface area contributed by atoms with E-state index in [1.165, 1.54) is 24.0 Å². The molecule has 0 unspecified atom stereocenters. The molecular formula is C15H22N2O. The number of carbonyl (C=O) groups excluding carboxylic acids is 1. The highest BCUT2D eigenvalue weighted by molar-refractivity contribution is 5.81. The Balaban J connectivity index is 1.85. The molecule has 0 saturated heterocycles. The van der Waals surface area contributed by atoms with E-state index in [-0.39, 0.29) is 5.91 Å². The standard InChI is InChI=1S/C15H22N2O/c1-11-6-5-7-12(2)15(11)16-10-14(18)17-13-8-3-4-9-13/h5-7,13,16H,3-4,8-10H2,1-2H3,(H,17,18). The molecule has 18 heavy (non-hydrogen) atoms. The first-order valence-corrected chi connectivity index (χ1v) is 6.76. The minimum absolute atomic E-state index is 0.101. The van der Waals surface area contributed by atoms with Gasteiger partial charge in [-0.25, -0.2) is 0 Å². The molecule has 0 radical (unpaired) electrons. The van der Waals surface area contributed by atoms with Crippen molar-refractivity contribution in [1.29, 1.82) is 0 Å². The number of hydrogen-bond donors (Lipinski definition) is 2. The summed E-state index contributed by atoms with van der Waals surface area (Å²) in [6.07, 6.45) is 4.76. The molecule has 0 spiro atoms. The van der Waals surface area contributed by atoms with Crippen LogP contribution in [0.15, 0.2) is 18.2 Å². The molecule has 0 atom stereocenters. The van der Waals surface area contributed by atoms with Crippen LogP contribution in [-0.4, -0.2) is 18.5 Å². The fourth-order valence-electron chi connectivity index (χ4n) is 2.61. The van der Waals surface area contributed by atoms with Crippen molar-refractivity contribution >= 4 is 11.6 Å². The second kappa shape index (κ2) is 5.89. The van der Waals surface area contributed by atoms with Crippen LogP contribution >= 0.6 is 0 Å². The predicted molar refractivity (Wildman–Crippen MR) is 74.8 cm³/mol. The maximum Gasteiger partial charge on any atom is 0.239 e. The van der Waals surface area contributed by atoms with Crippen LogP contribution in [0.5, 0.6) is 0 Å². The van der Waals surface area contributed by atoms with Crippen LogP contribution in [0.4, 0.5) is 5.69 Å². The average molecular weight is 246 g/mol. The molecule has 1 aliphatic carbocycles. The first-order chi connectivity index (χ1) is 8.66. The van der Waals surface area contributed by atoms with Gasteiger partial charge in [-0.2, -0.15) is 0 Å². The summed E-state index contributed by atoms with van der Waals surface area (Å²) in [6.45, 7) is 4.48. The lowest BCUT2D eigenvalue weighted by molar-refractivity contribution is -0.120. The summed E-state index contributed by atoms with van der Waals surface area (Å²) in [4.78, 5) is 11.8. The minimum atomic E-state index is 0.101. The number of hydrogen-bond acceptors (Lipinski definition) is 2. The van der Waals surface area contributed by atoms with Crippen LogP contribution < -0.4 is 10.6 Å². The Morgan fingerprint density at radius 3 is 2.44 bits per heavy atom. The van der Waals surface area contributed by atoms with Crippen molar-refractivity contribution in [1.82, 2.24) is 5.32 Å². The van der Waals surface area contributed by atoms with E-state index < -0.39 is 0 Å². The van der Waals surface area contributed by atoms with Crippen molar-refractivity contribution in [2.24, 2.45) is 0 Å². The van der Waals surface area contributed by atoms with E-state index in [1.54, 1.807) is 0 Å². The Bertz CT molecular complexity index is 402. The summed E-state index contributed by atoms with van der Waals surface area (Å²) in [5.41, 5.74) is 3.45. The van der Waals surface area contributed by atoms with E-state index in [1.807, 2.05) is 6.07 Å². The van der Waals surface area contributed by atoms with Gasteiger partial charge < -0.3 is 10.6 Å². The zero-order valence-electron chi connectivity index (χ0n) is 11.3. The highest BCUT2D eigenvalue weighted by Gasteiger charge is 2.16. The van der Waals surface area contributed by atoms with Crippen LogP contribution in [0.1, 0.15) is 36.8 Å². The summed E-state index contributed by atoms with van der Waals surface area (Å²) >= 11 is 0. The molecule has 0 aromatic heterocycles. The quantitative estimate of drug-likeness (QED) is 0.857. The Labute approximate surface area is 109 Å². The van der Waals surface area contributed by atoms with Crippen molar-refractivity contribution in [2.75, 3.05) is 11.9 Å². The molecule has 1 aromatic rings. The number of amides is 1. The van der Waals surface area contributed by atoms with Crippen molar-refractivity contribution < 1.29 is 4.79 Å². The van der Waals surface area contributed by atoms with E-state index in [9.17, 15) is 4.79 Å². The molecule has 0 bridgehead atoms. The fourth-order valence-corrected chi connectivity index (χ4v) is 2.61. The van der Waals surface area contributed by atoms with Gasteiger partial charge in [-0.1, -0.05) is 31.0 Å². The van der Waals surface area contributed by atoms with Gasteiger partial charge in [0.2, 0.25) is 5.91 Å². The molecule has 1 aromatic carbocycles. The minimum Gasteiger partial charge on any atom is -0.376 e. The van der Waals surface area contributed by atoms with Gasteiger partial charge in [0.15, 0.2) is 0 Å². The molecule has 0 aliphatic heterocycles. The van der Waals surface area contributed by atoms with E-state index in [0.717, 1.165) is 18.5 Å². The summed E-state index contributed by atoms with van der Waals surface area (Å²) in [5.74, 6) is 0.101. The summed E-state index contributed by atoms with van der Waals surface area (Å²) in [5, 5.41) is 6.33. The van der Waals surface area contributed by atoms with E-state index in [4.69, 9.17) is 0 Å². The summed E-state index contributed by atoms with van der Waals surface area (Å²) < 4.78 is 0. The third-order valence-electron chi connectivity index (χ3n) is 3.63. The number of benzene rings is 1. The number of anilines is 1. The summed E-state index contributed by atoms with van der Waals surface area (Å²) in [6, 6.07) is 6.56. The van der Waals surface area contributed by atoms with Gasteiger partial charge in [0.05, 0.1) is 6.54 Å². The molecule has 0 heterocycles. The second-order valence-corrected chi connectivity index (χ2v) is 5.17. The Morgan fingerprint density at radius 1 is 1.22 bits per heavy atom. The van der Waals surface area contributed by atoms with Gasteiger partial charge in [-0.15, -0.1) is 0 Å². The van der Waals surface area contributed by atoms with Gasteiger partial charge in [0, 0.05) is 11.7 Å². The number of aryl methyl sites for hydroxylation is 2. The SMILES string of the molecule is Cc1cccc(C)c1NCC(=O)NC1CCCC1. The zero-order valence-corrected chi connectivity index (χ0v) is 11.3. The number of carbonyl (C=O) groups is 1. The van der Waals surface area contributed by atoms with E-state index >= 15 is 0 Å². The van der Waals surface area contributed by atoms with Gasteiger partial charge >= 0.3 is 0 Å². The van der Waals surface area contributed by atoms with Crippen LogP contribution in [0.25, 0.3) is 0 Å². The highest BCUT2D eigenvalue weighted by atomic mass is 16.1. The monoisotopic (exact) mass is 246 g/mol. The van der Waals surface area contributed by atoms with Crippen LogP contribution in [0.2, 0.25) is 0 Å².